The molecule has 0 N–H and O–H groups in total. The van der Waals surface area contributed by atoms with E-state index in [0.29, 0.717) is 5.56 Å². The molecule has 1 saturated heterocycles. The summed E-state index contributed by atoms with van der Waals surface area (Å²) >= 11 is 0.863. The summed E-state index contributed by atoms with van der Waals surface area (Å²) in [5, 5.41) is -0.343. The molecule has 0 spiro atoms. The van der Waals surface area contributed by atoms with Crippen molar-refractivity contribution in [3.63, 3.8) is 0 Å². The Morgan fingerprint density at radius 3 is 2.50 bits per heavy atom. The van der Waals surface area contributed by atoms with E-state index in [9.17, 15) is 18.8 Å². The number of esters is 1. The summed E-state index contributed by atoms with van der Waals surface area (Å²) in [6.45, 7) is 2.16. The number of carbonyl (C=O) groups excluding carboxylic acids is 3. The highest BCUT2D eigenvalue weighted by Crippen LogP contribution is 2.35. The molecule has 0 bridgehead atoms. The van der Waals surface area contributed by atoms with Crippen LogP contribution in [-0.4, -0.2) is 29.1 Å². The maximum Gasteiger partial charge on any atom is 0.343 e. The van der Waals surface area contributed by atoms with Crippen LogP contribution in [0.4, 0.5) is 9.18 Å². The summed E-state index contributed by atoms with van der Waals surface area (Å²) in [7, 11) is 1.41. The lowest BCUT2D eigenvalue weighted by molar-refractivity contribution is -0.123. The number of halogens is 1. The Hall–Kier alpha value is -3.91. The van der Waals surface area contributed by atoms with Crippen LogP contribution in [0, 0.1) is 12.7 Å². The zero-order valence-corrected chi connectivity index (χ0v) is 19.2. The zero-order chi connectivity index (χ0) is 24.2. The van der Waals surface area contributed by atoms with Gasteiger partial charge < -0.3 is 9.47 Å². The van der Waals surface area contributed by atoms with E-state index in [1.807, 2.05) is 31.2 Å². The molecule has 1 heterocycles. The van der Waals surface area contributed by atoms with Crippen LogP contribution in [0.15, 0.2) is 71.6 Å². The van der Waals surface area contributed by atoms with Crippen LogP contribution < -0.4 is 9.47 Å². The number of imide groups is 1. The second-order valence-corrected chi connectivity index (χ2v) is 8.56. The number of nitrogens with zero attached hydrogens (tertiary/aromatic N) is 1. The second-order valence-electron chi connectivity index (χ2n) is 7.56. The van der Waals surface area contributed by atoms with Gasteiger partial charge in [-0.2, -0.15) is 0 Å². The zero-order valence-electron chi connectivity index (χ0n) is 18.4. The minimum atomic E-state index is -0.734. The number of amides is 2. The molecular formula is C26H20FNO5S. The number of thioether (sulfide) groups is 1. The molecule has 3 aromatic carbocycles. The van der Waals surface area contributed by atoms with Crippen LogP contribution in [0.25, 0.3) is 6.08 Å². The highest BCUT2D eigenvalue weighted by Gasteiger charge is 2.35. The summed E-state index contributed by atoms with van der Waals surface area (Å²) in [6.07, 6.45) is 1.58. The predicted octanol–water partition coefficient (Wildman–Crippen LogP) is 5.60. The standard InChI is InChI=1S/C26H20FNO5S/c1-16-6-8-17(9-7-16)15-28-24(29)23(34-26(28)31)13-18-10-11-21(22(12-18)32-2)33-25(30)19-4-3-5-20(27)14-19/h3-14H,15H2,1-2H3/b23-13-. The van der Waals surface area contributed by atoms with Gasteiger partial charge in [-0.05, 0) is 66.2 Å². The predicted molar refractivity (Wildman–Crippen MR) is 127 cm³/mol. The minimum absolute atomic E-state index is 0.0633. The molecule has 1 fully saturated rings. The fourth-order valence-electron chi connectivity index (χ4n) is 3.30. The molecule has 4 rings (SSSR count). The minimum Gasteiger partial charge on any atom is -0.493 e. The van der Waals surface area contributed by atoms with Crippen LogP contribution >= 0.6 is 11.8 Å². The van der Waals surface area contributed by atoms with Crippen molar-refractivity contribution in [1.82, 2.24) is 4.90 Å². The van der Waals surface area contributed by atoms with E-state index in [0.717, 1.165) is 29.0 Å². The first-order valence-electron chi connectivity index (χ1n) is 10.3. The molecule has 1 aliphatic heterocycles. The first-order chi connectivity index (χ1) is 16.3. The normalized spacial score (nSPS) is 14.6. The van der Waals surface area contributed by atoms with E-state index < -0.39 is 11.8 Å². The molecule has 172 valence electrons. The average Bonchev–Trinajstić information content (AvgIpc) is 3.08. The van der Waals surface area contributed by atoms with Gasteiger partial charge >= 0.3 is 5.97 Å². The Bertz CT molecular complexity index is 1300. The summed E-state index contributed by atoms with van der Waals surface area (Å²) < 4.78 is 24.1. The smallest absolute Gasteiger partial charge is 0.343 e. The lowest BCUT2D eigenvalue weighted by Crippen LogP contribution is -2.27. The van der Waals surface area contributed by atoms with Crippen LogP contribution in [0.3, 0.4) is 0 Å². The molecule has 0 radical (unpaired) electrons. The summed E-state index contributed by atoms with van der Waals surface area (Å²) in [6, 6.07) is 17.5. The number of methoxy groups -OCH3 is 1. The summed E-state index contributed by atoms with van der Waals surface area (Å²) in [4.78, 5) is 39.1. The lowest BCUT2D eigenvalue weighted by Gasteiger charge is -2.12. The Morgan fingerprint density at radius 1 is 1.03 bits per heavy atom. The van der Waals surface area contributed by atoms with Crippen molar-refractivity contribution >= 4 is 35.0 Å². The van der Waals surface area contributed by atoms with Crippen molar-refractivity contribution < 1.29 is 28.2 Å². The number of ether oxygens (including phenoxy) is 2. The van der Waals surface area contributed by atoms with Gasteiger partial charge in [0.1, 0.15) is 5.82 Å². The van der Waals surface area contributed by atoms with Crippen LogP contribution in [-0.2, 0) is 11.3 Å². The summed E-state index contributed by atoms with van der Waals surface area (Å²) in [5.74, 6) is -1.27. The molecule has 0 atom stereocenters. The Labute approximate surface area is 200 Å². The maximum absolute atomic E-state index is 13.4. The molecule has 3 aromatic rings. The van der Waals surface area contributed by atoms with Crippen molar-refractivity contribution in [2.45, 2.75) is 13.5 Å². The van der Waals surface area contributed by atoms with E-state index in [2.05, 4.69) is 0 Å². The van der Waals surface area contributed by atoms with Gasteiger partial charge in [0, 0.05) is 0 Å². The number of benzene rings is 3. The van der Waals surface area contributed by atoms with Gasteiger partial charge in [0.2, 0.25) is 0 Å². The molecule has 0 aliphatic carbocycles. The second kappa shape index (κ2) is 9.93. The van der Waals surface area contributed by atoms with Crippen molar-refractivity contribution in [1.29, 1.82) is 0 Å². The molecule has 2 amide bonds. The molecule has 34 heavy (non-hydrogen) atoms. The van der Waals surface area contributed by atoms with Crippen molar-refractivity contribution in [2.24, 2.45) is 0 Å². The quantitative estimate of drug-likeness (QED) is 0.262. The van der Waals surface area contributed by atoms with Gasteiger partial charge in [0.15, 0.2) is 11.5 Å². The molecule has 8 heteroatoms. The Balaban J connectivity index is 1.51. The van der Waals surface area contributed by atoms with E-state index in [-0.39, 0.29) is 39.7 Å². The van der Waals surface area contributed by atoms with E-state index in [1.165, 1.54) is 36.3 Å². The third-order valence-electron chi connectivity index (χ3n) is 5.08. The monoisotopic (exact) mass is 477 g/mol. The lowest BCUT2D eigenvalue weighted by atomic mass is 10.1. The van der Waals surface area contributed by atoms with Crippen molar-refractivity contribution in [2.75, 3.05) is 7.11 Å². The molecule has 0 saturated carbocycles. The average molecular weight is 478 g/mol. The number of hydrogen-bond donors (Lipinski definition) is 0. The molecular weight excluding hydrogens is 457 g/mol. The van der Waals surface area contributed by atoms with Gasteiger partial charge in [-0.1, -0.05) is 42.0 Å². The van der Waals surface area contributed by atoms with Crippen LogP contribution in [0.1, 0.15) is 27.0 Å². The number of rotatable bonds is 6. The first kappa shape index (κ1) is 23.3. The highest BCUT2D eigenvalue weighted by atomic mass is 32.2. The van der Waals surface area contributed by atoms with Gasteiger partial charge in [-0.3, -0.25) is 14.5 Å². The van der Waals surface area contributed by atoms with Crippen LogP contribution in [0.2, 0.25) is 0 Å². The SMILES string of the molecule is COc1cc(/C=C2\SC(=O)N(Cc3ccc(C)cc3)C2=O)ccc1OC(=O)c1cccc(F)c1. The Kier molecular flexibility index (Phi) is 6.79. The summed E-state index contributed by atoms with van der Waals surface area (Å²) in [5.41, 5.74) is 2.61. The molecule has 0 aromatic heterocycles. The molecule has 0 unspecified atom stereocenters. The highest BCUT2D eigenvalue weighted by molar-refractivity contribution is 8.18. The van der Waals surface area contributed by atoms with E-state index >= 15 is 0 Å². The molecule has 6 nitrogen and oxygen atoms in total. The third kappa shape index (κ3) is 5.18. The third-order valence-corrected chi connectivity index (χ3v) is 5.99. The van der Waals surface area contributed by atoms with Gasteiger partial charge in [-0.25, -0.2) is 9.18 Å². The number of carbonyl (C=O) groups is 3. The Morgan fingerprint density at radius 2 is 1.79 bits per heavy atom. The topological polar surface area (TPSA) is 72.9 Å². The van der Waals surface area contributed by atoms with Crippen molar-refractivity contribution in [3.8, 4) is 11.5 Å². The maximum atomic E-state index is 13.4. The number of aryl methyl sites for hydroxylation is 1. The van der Waals surface area contributed by atoms with Gasteiger partial charge in [-0.15, -0.1) is 0 Å². The van der Waals surface area contributed by atoms with Crippen LogP contribution in [0.5, 0.6) is 11.5 Å². The largest absolute Gasteiger partial charge is 0.493 e. The van der Waals surface area contributed by atoms with E-state index in [1.54, 1.807) is 18.2 Å². The van der Waals surface area contributed by atoms with Gasteiger partial charge in [0.25, 0.3) is 11.1 Å². The number of hydrogen-bond acceptors (Lipinski definition) is 6. The fraction of sp³-hybridized carbons (Fsp3) is 0.115. The fourth-order valence-corrected chi connectivity index (χ4v) is 4.13. The molecule has 1 aliphatic rings. The van der Waals surface area contributed by atoms with Crippen molar-refractivity contribution in [3.05, 3.63) is 99.7 Å². The van der Waals surface area contributed by atoms with Gasteiger partial charge in [0.05, 0.1) is 24.1 Å². The first-order valence-corrected chi connectivity index (χ1v) is 11.1. The van der Waals surface area contributed by atoms with E-state index in [4.69, 9.17) is 9.47 Å².